The largest absolute Gasteiger partial charge is 0.395 e. The van der Waals surface area contributed by atoms with E-state index in [0.717, 1.165) is 38.5 Å². The van der Waals surface area contributed by atoms with Crippen molar-refractivity contribution in [2.24, 2.45) is 5.73 Å². The number of aliphatic hydroxyl groups excluding tert-OH is 1. The van der Waals surface area contributed by atoms with E-state index in [4.69, 9.17) is 23.1 Å². The van der Waals surface area contributed by atoms with Crippen LogP contribution in [0.3, 0.4) is 0 Å². The average Bonchev–Trinajstić information content (AvgIpc) is 2.40. The standard InChI is InChI=1S/C11H17N5OS/c12-10(18)9-11(14-2-1-13-9)16-5-3-15(4-6-16)7-8-17/h1-2,17H,3-8H2,(H2,12,18). The number of nitrogens with zero attached hydrogens (tertiary/aromatic N) is 4. The first-order valence-electron chi connectivity index (χ1n) is 5.91. The number of β-amino-alcohol motifs (C(OH)–C–C–N with tert-alkyl or cyclic N) is 1. The predicted molar refractivity (Wildman–Crippen MR) is 73.7 cm³/mol. The van der Waals surface area contributed by atoms with Gasteiger partial charge in [-0.25, -0.2) is 9.97 Å². The SMILES string of the molecule is NC(=S)c1nccnc1N1CCN(CCO)CC1. The van der Waals surface area contributed by atoms with Crippen molar-refractivity contribution in [2.45, 2.75) is 0 Å². The molecule has 1 fully saturated rings. The summed E-state index contributed by atoms with van der Waals surface area (Å²) in [6.45, 7) is 4.39. The van der Waals surface area contributed by atoms with Gasteiger partial charge < -0.3 is 15.7 Å². The Bertz CT molecular complexity index is 420. The van der Waals surface area contributed by atoms with E-state index in [0.29, 0.717) is 5.69 Å². The molecule has 0 spiro atoms. The molecule has 18 heavy (non-hydrogen) atoms. The molecular weight excluding hydrogens is 250 g/mol. The number of piperazine rings is 1. The van der Waals surface area contributed by atoms with Gasteiger partial charge in [-0.1, -0.05) is 12.2 Å². The molecule has 0 amide bonds. The molecule has 3 N–H and O–H groups in total. The van der Waals surface area contributed by atoms with Gasteiger partial charge in [-0.15, -0.1) is 0 Å². The summed E-state index contributed by atoms with van der Waals surface area (Å²) < 4.78 is 0. The summed E-state index contributed by atoms with van der Waals surface area (Å²) in [6, 6.07) is 0. The highest BCUT2D eigenvalue weighted by molar-refractivity contribution is 7.80. The van der Waals surface area contributed by atoms with Crippen LogP contribution in [0.1, 0.15) is 5.69 Å². The molecule has 1 aliphatic rings. The van der Waals surface area contributed by atoms with E-state index < -0.39 is 0 Å². The molecular formula is C11H17N5OS. The van der Waals surface area contributed by atoms with E-state index >= 15 is 0 Å². The van der Waals surface area contributed by atoms with E-state index in [-0.39, 0.29) is 11.6 Å². The zero-order chi connectivity index (χ0) is 13.0. The summed E-state index contributed by atoms with van der Waals surface area (Å²) in [7, 11) is 0. The molecule has 0 aliphatic carbocycles. The summed E-state index contributed by atoms with van der Waals surface area (Å²) in [6.07, 6.45) is 3.25. The van der Waals surface area contributed by atoms with Gasteiger partial charge in [0.2, 0.25) is 0 Å². The first-order valence-corrected chi connectivity index (χ1v) is 6.32. The Labute approximate surface area is 111 Å². The van der Waals surface area contributed by atoms with Gasteiger partial charge >= 0.3 is 0 Å². The number of thiocarbonyl (C=S) groups is 1. The third-order valence-corrected chi connectivity index (χ3v) is 3.19. The summed E-state index contributed by atoms with van der Waals surface area (Å²) in [5.74, 6) is 0.758. The van der Waals surface area contributed by atoms with Crippen LogP contribution in [0.4, 0.5) is 5.82 Å². The van der Waals surface area contributed by atoms with Crippen molar-refractivity contribution in [2.75, 3.05) is 44.2 Å². The van der Waals surface area contributed by atoms with Crippen LogP contribution in [0.15, 0.2) is 12.4 Å². The molecule has 0 atom stereocenters. The van der Waals surface area contributed by atoms with Gasteiger partial charge in [-0.05, 0) is 0 Å². The van der Waals surface area contributed by atoms with E-state index in [9.17, 15) is 0 Å². The maximum Gasteiger partial charge on any atom is 0.157 e. The molecule has 1 aliphatic heterocycles. The molecule has 1 saturated heterocycles. The molecule has 7 heteroatoms. The van der Waals surface area contributed by atoms with E-state index in [2.05, 4.69) is 19.8 Å². The lowest BCUT2D eigenvalue weighted by Gasteiger charge is -2.35. The van der Waals surface area contributed by atoms with Crippen molar-refractivity contribution >= 4 is 23.0 Å². The van der Waals surface area contributed by atoms with Gasteiger partial charge in [0, 0.05) is 45.1 Å². The highest BCUT2D eigenvalue weighted by atomic mass is 32.1. The van der Waals surface area contributed by atoms with Crippen molar-refractivity contribution in [3.8, 4) is 0 Å². The van der Waals surface area contributed by atoms with Crippen LogP contribution in [0, 0.1) is 0 Å². The molecule has 2 rings (SSSR count). The van der Waals surface area contributed by atoms with E-state index in [1.807, 2.05) is 0 Å². The lowest BCUT2D eigenvalue weighted by Crippen LogP contribution is -2.48. The average molecular weight is 267 g/mol. The van der Waals surface area contributed by atoms with Gasteiger partial charge in [0.15, 0.2) is 5.82 Å². The Morgan fingerprint density at radius 2 is 1.94 bits per heavy atom. The van der Waals surface area contributed by atoms with Crippen LogP contribution >= 0.6 is 12.2 Å². The van der Waals surface area contributed by atoms with Gasteiger partial charge in [0.1, 0.15) is 10.7 Å². The van der Waals surface area contributed by atoms with Gasteiger partial charge in [-0.2, -0.15) is 0 Å². The molecule has 1 aromatic heterocycles. The lowest BCUT2D eigenvalue weighted by atomic mass is 10.3. The Kier molecular flexibility index (Phi) is 4.40. The molecule has 1 aromatic rings. The Morgan fingerprint density at radius 3 is 2.56 bits per heavy atom. The van der Waals surface area contributed by atoms with E-state index in [1.54, 1.807) is 12.4 Å². The molecule has 0 aromatic carbocycles. The second kappa shape index (κ2) is 6.03. The van der Waals surface area contributed by atoms with Gasteiger partial charge in [-0.3, -0.25) is 4.90 Å². The molecule has 0 bridgehead atoms. The molecule has 2 heterocycles. The number of aliphatic hydroxyl groups is 1. The smallest absolute Gasteiger partial charge is 0.157 e. The number of rotatable bonds is 4. The Morgan fingerprint density at radius 1 is 1.28 bits per heavy atom. The van der Waals surface area contributed by atoms with Gasteiger partial charge in [0.05, 0.1) is 6.61 Å². The minimum absolute atomic E-state index is 0.198. The van der Waals surface area contributed by atoms with Crippen LogP contribution in [0.5, 0.6) is 0 Å². The highest BCUT2D eigenvalue weighted by Crippen LogP contribution is 2.16. The topological polar surface area (TPSA) is 78.5 Å². The third kappa shape index (κ3) is 2.92. The first-order chi connectivity index (χ1) is 8.72. The zero-order valence-corrected chi connectivity index (χ0v) is 10.9. The van der Waals surface area contributed by atoms with Crippen LogP contribution < -0.4 is 10.6 Å². The third-order valence-electron chi connectivity index (χ3n) is 3.00. The Balaban J connectivity index is 2.07. The molecule has 0 unspecified atom stereocenters. The first kappa shape index (κ1) is 13.1. The van der Waals surface area contributed by atoms with Crippen LogP contribution in [0.2, 0.25) is 0 Å². The van der Waals surface area contributed by atoms with Crippen LogP contribution in [-0.4, -0.2) is 64.3 Å². The Hall–Kier alpha value is -1.31. The fraction of sp³-hybridized carbons (Fsp3) is 0.545. The zero-order valence-electron chi connectivity index (χ0n) is 10.1. The van der Waals surface area contributed by atoms with Crippen molar-refractivity contribution in [1.82, 2.24) is 14.9 Å². The van der Waals surface area contributed by atoms with Crippen LogP contribution in [0.25, 0.3) is 0 Å². The second-order valence-corrected chi connectivity index (χ2v) is 4.58. The fourth-order valence-corrected chi connectivity index (χ4v) is 2.20. The molecule has 0 radical (unpaired) electrons. The maximum absolute atomic E-state index is 8.91. The molecule has 6 nitrogen and oxygen atoms in total. The summed E-state index contributed by atoms with van der Waals surface area (Å²) in [5.41, 5.74) is 6.24. The van der Waals surface area contributed by atoms with Crippen molar-refractivity contribution in [3.05, 3.63) is 18.1 Å². The van der Waals surface area contributed by atoms with Crippen molar-refractivity contribution in [1.29, 1.82) is 0 Å². The second-order valence-electron chi connectivity index (χ2n) is 4.15. The molecule has 98 valence electrons. The summed E-state index contributed by atoms with van der Waals surface area (Å²) in [5, 5.41) is 8.91. The monoisotopic (exact) mass is 267 g/mol. The fourth-order valence-electron chi connectivity index (χ4n) is 2.06. The lowest BCUT2D eigenvalue weighted by molar-refractivity contribution is 0.188. The minimum atomic E-state index is 0.198. The normalized spacial score (nSPS) is 16.8. The van der Waals surface area contributed by atoms with E-state index in [1.165, 1.54) is 0 Å². The highest BCUT2D eigenvalue weighted by Gasteiger charge is 2.21. The number of aromatic nitrogens is 2. The van der Waals surface area contributed by atoms with Crippen LogP contribution in [-0.2, 0) is 0 Å². The number of nitrogens with two attached hydrogens (primary N) is 1. The summed E-state index contributed by atoms with van der Waals surface area (Å²) >= 11 is 4.99. The minimum Gasteiger partial charge on any atom is -0.395 e. The quantitative estimate of drug-likeness (QED) is 0.693. The number of hydrogen-bond donors (Lipinski definition) is 2. The number of anilines is 1. The maximum atomic E-state index is 8.91. The molecule has 0 saturated carbocycles. The van der Waals surface area contributed by atoms with Crippen molar-refractivity contribution in [3.63, 3.8) is 0 Å². The van der Waals surface area contributed by atoms with Gasteiger partial charge in [0.25, 0.3) is 0 Å². The predicted octanol–water partition coefficient (Wildman–Crippen LogP) is -0.775. The summed E-state index contributed by atoms with van der Waals surface area (Å²) in [4.78, 5) is 13.1. The van der Waals surface area contributed by atoms with Crippen molar-refractivity contribution < 1.29 is 5.11 Å². The number of hydrogen-bond acceptors (Lipinski definition) is 6.